The van der Waals surface area contributed by atoms with Crippen molar-refractivity contribution in [3.05, 3.63) is 30.1 Å². The third kappa shape index (κ3) is 4.05. The van der Waals surface area contributed by atoms with E-state index in [2.05, 4.69) is 14.9 Å². The van der Waals surface area contributed by atoms with Crippen molar-refractivity contribution < 1.29 is 9.90 Å². The highest BCUT2D eigenvalue weighted by Crippen LogP contribution is 2.26. The molecule has 3 N–H and O–H groups in total. The first-order valence-corrected chi connectivity index (χ1v) is 8.52. The molecule has 1 atom stereocenters. The number of piperidine rings is 1. The lowest BCUT2D eigenvalue weighted by molar-refractivity contribution is -0.136. The maximum Gasteiger partial charge on any atom is 0.224 e. The molecule has 1 aromatic carbocycles. The molecule has 1 unspecified atom stereocenters. The van der Waals surface area contributed by atoms with Gasteiger partial charge in [0.1, 0.15) is 11.6 Å². The number of hydrogen-bond acceptors (Lipinski definition) is 6. The molecule has 0 saturated carbocycles. The number of nitrogens with zero attached hydrogens (tertiary/aromatic N) is 4. The summed E-state index contributed by atoms with van der Waals surface area (Å²) in [6.45, 7) is 1.78. The highest BCUT2D eigenvalue weighted by molar-refractivity contribution is 5.87. The summed E-state index contributed by atoms with van der Waals surface area (Å²) in [5.41, 5.74) is 5.87. The Bertz CT molecular complexity index is 779. The van der Waals surface area contributed by atoms with Gasteiger partial charge in [0.05, 0.1) is 24.1 Å². The standard InChI is InChI=1S/C18H25N5O2/c1-22(2)16(24)10-18(25)8-5-9-23(12-18)11-15-20-14-7-4-3-6-13(14)17(19)21-15/h3-4,6-7,25H,5,8-12H2,1-2H3,(H2,19,20,21). The summed E-state index contributed by atoms with van der Waals surface area (Å²) < 4.78 is 0. The van der Waals surface area contributed by atoms with E-state index in [0.29, 0.717) is 31.2 Å². The van der Waals surface area contributed by atoms with Crippen molar-refractivity contribution in [2.24, 2.45) is 0 Å². The van der Waals surface area contributed by atoms with Crippen LogP contribution in [0.2, 0.25) is 0 Å². The van der Waals surface area contributed by atoms with Gasteiger partial charge in [-0.2, -0.15) is 0 Å². The van der Waals surface area contributed by atoms with Gasteiger partial charge in [-0.25, -0.2) is 9.97 Å². The lowest BCUT2D eigenvalue weighted by Gasteiger charge is -2.39. The Morgan fingerprint density at radius 1 is 1.36 bits per heavy atom. The van der Waals surface area contributed by atoms with Gasteiger partial charge in [0.2, 0.25) is 5.91 Å². The highest BCUT2D eigenvalue weighted by Gasteiger charge is 2.36. The third-order valence-electron chi connectivity index (χ3n) is 4.66. The predicted octanol–water partition coefficient (Wildman–Crippen LogP) is 1.02. The summed E-state index contributed by atoms with van der Waals surface area (Å²) in [6.07, 6.45) is 1.60. The number of rotatable bonds is 4. The number of para-hydroxylation sites is 1. The fourth-order valence-corrected chi connectivity index (χ4v) is 3.35. The molecular weight excluding hydrogens is 318 g/mol. The molecule has 7 nitrogen and oxygen atoms in total. The number of carbonyl (C=O) groups excluding carboxylic acids is 1. The van der Waals surface area contributed by atoms with Crippen molar-refractivity contribution >= 4 is 22.6 Å². The molecule has 0 radical (unpaired) electrons. The van der Waals surface area contributed by atoms with E-state index >= 15 is 0 Å². The number of carbonyl (C=O) groups is 1. The minimum absolute atomic E-state index is 0.0597. The van der Waals surface area contributed by atoms with Crippen molar-refractivity contribution in [3.8, 4) is 0 Å². The van der Waals surface area contributed by atoms with Gasteiger partial charge in [0.15, 0.2) is 0 Å². The second kappa shape index (κ2) is 6.93. The first kappa shape index (κ1) is 17.6. The monoisotopic (exact) mass is 343 g/mol. The first-order chi connectivity index (χ1) is 11.9. The molecule has 1 fully saturated rings. The van der Waals surface area contributed by atoms with E-state index < -0.39 is 5.60 Å². The van der Waals surface area contributed by atoms with Crippen molar-refractivity contribution in [3.63, 3.8) is 0 Å². The Labute approximate surface area is 147 Å². The number of fused-ring (bicyclic) bond motifs is 1. The topological polar surface area (TPSA) is 95.6 Å². The maximum atomic E-state index is 12.0. The van der Waals surface area contributed by atoms with Gasteiger partial charge in [-0.1, -0.05) is 12.1 Å². The molecule has 3 rings (SSSR count). The molecule has 1 saturated heterocycles. The molecule has 0 spiro atoms. The summed E-state index contributed by atoms with van der Waals surface area (Å²) >= 11 is 0. The molecule has 0 aliphatic carbocycles. The highest BCUT2D eigenvalue weighted by atomic mass is 16.3. The Morgan fingerprint density at radius 3 is 2.88 bits per heavy atom. The molecule has 25 heavy (non-hydrogen) atoms. The number of β-amino-alcohol motifs (C(OH)–C–C–N with tert-alkyl or cyclic N) is 1. The number of aliphatic hydroxyl groups is 1. The number of likely N-dealkylation sites (tertiary alicyclic amines) is 1. The van der Waals surface area contributed by atoms with Crippen LogP contribution in [0.25, 0.3) is 10.9 Å². The number of benzene rings is 1. The zero-order valence-corrected chi connectivity index (χ0v) is 14.8. The lowest BCUT2D eigenvalue weighted by Crippen LogP contribution is -2.50. The van der Waals surface area contributed by atoms with Crippen LogP contribution in [-0.2, 0) is 11.3 Å². The average Bonchev–Trinajstić information content (AvgIpc) is 2.54. The zero-order chi connectivity index (χ0) is 18.0. The molecule has 1 amide bonds. The quantitative estimate of drug-likeness (QED) is 0.860. The van der Waals surface area contributed by atoms with Gasteiger partial charge >= 0.3 is 0 Å². The first-order valence-electron chi connectivity index (χ1n) is 8.52. The average molecular weight is 343 g/mol. The van der Waals surface area contributed by atoms with Crippen LogP contribution in [0.1, 0.15) is 25.1 Å². The van der Waals surface area contributed by atoms with Crippen molar-refractivity contribution in [1.82, 2.24) is 19.8 Å². The van der Waals surface area contributed by atoms with E-state index in [-0.39, 0.29) is 12.3 Å². The zero-order valence-electron chi connectivity index (χ0n) is 14.8. The van der Waals surface area contributed by atoms with E-state index in [1.807, 2.05) is 24.3 Å². The minimum atomic E-state index is -0.998. The number of aromatic nitrogens is 2. The summed E-state index contributed by atoms with van der Waals surface area (Å²) in [6, 6.07) is 7.65. The lowest BCUT2D eigenvalue weighted by atomic mass is 9.89. The Morgan fingerprint density at radius 2 is 2.12 bits per heavy atom. The van der Waals surface area contributed by atoms with Gasteiger partial charge in [-0.3, -0.25) is 9.69 Å². The van der Waals surface area contributed by atoms with E-state index in [1.54, 1.807) is 14.1 Å². The van der Waals surface area contributed by atoms with Crippen molar-refractivity contribution in [2.45, 2.75) is 31.4 Å². The summed E-state index contributed by atoms with van der Waals surface area (Å²) in [7, 11) is 3.41. The fraction of sp³-hybridized carbons (Fsp3) is 0.500. The van der Waals surface area contributed by atoms with E-state index in [9.17, 15) is 9.90 Å². The molecule has 7 heteroatoms. The van der Waals surface area contributed by atoms with Gasteiger partial charge in [-0.05, 0) is 31.5 Å². The van der Waals surface area contributed by atoms with Gasteiger partial charge in [0, 0.05) is 26.0 Å². The number of nitrogen functional groups attached to an aromatic ring is 1. The second-order valence-electron chi connectivity index (χ2n) is 7.05. The number of amides is 1. The molecule has 134 valence electrons. The van der Waals surface area contributed by atoms with Crippen LogP contribution >= 0.6 is 0 Å². The van der Waals surface area contributed by atoms with Crippen molar-refractivity contribution in [2.75, 3.05) is 32.9 Å². The fourth-order valence-electron chi connectivity index (χ4n) is 3.35. The summed E-state index contributed by atoms with van der Waals surface area (Å²) in [5.74, 6) is 1.05. The van der Waals surface area contributed by atoms with E-state index in [0.717, 1.165) is 23.9 Å². The van der Waals surface area contributed by atoms with Gasteiger partial charge < -0.3 is 15.7 Å². The third-order valence-corrected chi connectivity index (χ3v) is 4.66. The molecule has 2 aromatic rings. The summed E-state index contributed by atoms with van der Waals surface area (Å²) in [4.78, 5) is 24.6. The number of hydrogen-bond donors (Lipinski definition) is 2. The predicted molar refractivity (Wildman–Crippen MR) is 96.7 cm³/mol. The SMILES string of the molecule is CN(C)C(=O)CC1(O)CCCN(Cc2nc(N)c3ccccc3n2)C1. The van der Waals surface area contributed by atoms with Gasteiger partial charge in [0.25, 0.3) is 0 Å². The van der Waals surface area contributed by atoms with Crippen LogP contribution < -0.4 is 5.73 Å². The normalized spacial score (nSPS) is 21.4. The Kier molecular flexibility index (Phi) is 4.87. The smallest absolute Gasteiger partial charge is 0.224 e. The number of anilines is 1. The number of nitrogens with two attached hydrogens (primary N) is 1. The Balaban J connectivity index is 1.73. The van der Waals surface area contributed by atoms with Crippen LogP contribution in [0.5, 0.6) is 0 Å². The second-order valence-corrected chi connectivity index (χ2v) is 7.05. The molecule has 1 aliphatic rings. The van der Waals surface area contributed by atoms with Gasteiger partial charge in [-0.15, -0.1) is 0 Å². The maximum absolute atomic E-state index is 12.0. The Hall–Kier alpha value is -2.25. The van der Waals surface area contributed by atoms with E-state index in [1.165, 1.54) is 4.90 Å². The molecular formula is C18H25N5O2. The minimum Gasteiger partial charge on any atom is -0.388 e. The molecule has 1 aliphatic heterocycles. The van der Waals surface area contributed by atoms with Crippen LogP contribution in [-0.4, -0.2) is 63.6 Å². The van der Waals surface area contributed by atoms with Crippen LogP contribution in [0.3, 0.4) is 0 Å². The largest absolute Gasteiger partial charge is 0.388 e. The molecule has 0 bridgehead atoms. The van der Waals surface area contributed by atoms with Crippen LogP contribution in [0.15, 0.2) is 24.3 Å². The molecule has 2 heterocycles. The molecule has 1 aromatic heterocycles. The van der Waals surface area contributed by atoms with Crippen LogP contribution in [0.4, 0.5) is 5.82 Å². The van der Waals surface area contributed by atoms with Crippen molar-refractivity contribution in [1.29, 1.82) is 0 Å². The van der Waals surface area contributed by atoms with Crippen LogP contribution in [0, 0.1) is 0 Å². The van der Waals surface area contributed by atoms with E-state index in [4.69, 9.17) is 5.73 Å². The summed E-state index contributed by atoms with van der Waals surface area (Å²) in [5, 5.41) is 11.7.